The molecule has 0 aliphatic rings. The van der Waals surface area contributed by atoms with E-state index >= 15 is 0 Å². The van der Waals surface area contributed by atoms with Crippen LogP contribution in [0.25, 0.3) is 0 Å². The third-order valence-electron chi connectivity index (χ3n) is 1.62. The summed E-state index contributed by atoms with van der Waals surface area (Å²) < 4.78 is 144. The van der Waals surface area contributed by atoms with Gasteiger partial charge in [0.05, 0.1) is 68.2 Å². The molecule has 6 atom stereocenters. The van der Waals surface area contributed by atoms with Crippen molar-refractivity contribution >= 4 is 119 Å². The fourth-order valence-corrected chi connectivity index (χ4v) is 0.538. The predicted molar refractivity (Wildman–Crippen MR) is 173 cm³/mol. The SMILES string of the molecule is C=O.CC=O.CCC=O.CCCC=O.O=CCCC=O.O=CCCCC=O.O=S([O-])O.O=S([O-])O.O=S([O-])O.O=S([O-])O.O=S([O-])O.O=S([O-])O.[Na+].[Na+].[Na+].[Na+].[Na+].[Na+].[Na+].[Na+]. The Morgan fingerprint density at radius 2 is 0.508 bits per heavy atom. The Bertz CT molecular complexity index is 731. The molecule has 26 nitrogen and oxygen atoms in total. The smallest absolute Gasteiger partial charge is 0.750 e. The average molecular weight is 1060 g/mol. The van der Waals surface area contributed by atoms with Gasteiger partial charge in [0.1, 0.15) is 50.8 Å². The zero-order valence-electron chi connectivity index (χ0n) is 34.7. The van der Waals surface area contributed by atoms with Crippen LogP contribution in [-0.2, 0) is 107 Å². The predicted octanol–water partition coefficient (Wildman–Crippen LogP) is -25.6. The van der Waals surface area contributed by atoms with Gasteiger partial charge in [-0.05, 0) is 19.8 Å². The molecule has 0 aliphatic carbocycles. The fraction of sp³-hybridized carbons (Fsp3) is 0.579. The summed E-state index contributed by atoms with van der Waals surface area (Å²) in [6.07, 6.45) is 10.4. The Morgan fingerprint density at radius 3 is 0.559 bits per heavy atom. The van der Waals surface area contributed by atoms with Crippen molar-refractivity contribution < 1.29 is 355 Å². The molecule has 6 N–H and O–H groups in total. The molecule has 0 aromatic rings. The summed E-state index contributed by atoms with van der Waals surface area (Å²) in [4.78, 5) is 73.3. The molecule has 0 aromatic heterocycles. The largest absolute Gasteiger partial charge is 1.00 e. The Hall–Kier alpha value is 5.78. The van der Waals surface area contributed by atoms with E-state index in [0.29, 0.717) is 44.9 Å². The van der Waals surface area contributed by atoms with E-state index in [9.17, 15) is 28.8 Å². The standard InChI is InChI=1S/C5H8O2.C4H6O2.C4H8O.C3H6O.C2H4O.CH2O.8Na.6H2O3S/c6-4-2-1-3-5-7;5-3-1-2-4-6;1-2-3-4-5;1-2-3-4;1-2-3;1-2;;;;;;;;;6*1-4(2)3/h4-5H,1-3H2;3-4H,1-2H2;4H,2-3H2,1H3;3H,2H2,1H3;2H,1H3;1H2;;;;;;;;;6*(H2,1,2,3)/q;;;;;;8*+1;;;;;;/p-6. The Kier molecular flexibility index (Phi) is 372. The first-order chi connectivity index (χ1) is 23.5. The van der Waals surface area contributed by atoms with Gasteiger partial charge in [0.15, 0.2) is 0 Å². The Balaban J connectivity index is -0.0000000156. The molecule has 0 saturated carbocycles. The van der Waals surface area contributed by atoms with E-state index in [1.165, 1.54) is 6.92 Å². The van der Waals surface area contributed by atoms with Gasteiger partial charge >= 0.3 is 236 Å². The van der Waals surface area contributed by atoms with E-state index in [0.717, 1.165) is 50.4 Å². The fourth-order valence-electron chi connectivity index (χ4n) is 0.538. The molecule has 0 radical (unpaired) electrons. The van der Waals surface area contributed by atoms with E-state index < -0.39 is 68.2 Å². The van der Waals surface area contributed by atoms with E-state index in [1.807, 2.05) is 20.6 Å². The van der Waals surface area contributed by atoms with Crippen LogP contribution < -0.4 is 236 Å². The number of carbonyl (C=O) groups excluding carboxylic acids is 8. The van der Waals surface area contributed by atoms with Crippen molar-refractivity contribution in [2.75, 3.05) is 0 Å². The van der Waals surface area contributed by atoms with Crippen LogP contribution in [-0.4, -0.2) is 131 Å². The van der Waals surface area contributed by atoms with Gasteiger partial charge in [-0.3, -0.25) is 0 Å². The van der Waals surface area contributed by atoms with Crippen LogP contribution in [0, 0.1) is 0 Å². The average Bonchev–Trinajstić information content (AvgIpc) is 2.97. The van der Waals surface area contributed by atoms with E-state index in [4.69, 9.17) is 89.5 Å². The van der Waals surface area contributed by atoms with Crippen molar-refractivity contribution in [2.24, 2.45) is 0 Å². The minimum atomic E-state index is -2.86. The van der Waals surface area contributed by atoms with E-state index in [1.54, 1.807) is 0 Å². The van der Waals surface area contributed by atoms with Gasteiger partial charge in [-0.1, -0.05) is 13.8 Å². The van der Waals surface area contributed by atoms with Crippen molar-refractivity contribution in [3.05, 3.63) is 0 Å². The molecule has 0 bridgehead atoms. The van der Waals surface area contributed by atoms with Gasteiger partial charge in [-0.2, -0.15) is 0 Å². The Morgan fingerprint density at radius 1 is 0.390 bits per heavy atom. The summed E-state index contributed by atoms with van der Waals surface area (Å²) >= 11 is -17.2. The second-order valence-electron chi connectivity index (χ2n) is 5.24. The van der Waals surface area contributed by atoms with Crippen molar-refractivity contribution in [3.63, 3.8) is 0 Å². The maximum absolute atomic E-state index is 9.56. The summed E-state index contributed by atoms with van der Waals surface area (Å²) in [6.45, 7) is 7.24. The summed E-state index contributed by atoms with van der Waals surface area (Å²) in [5.41, 5.74) is 0. The molecule has 0 amide bonds. The number of carbonyl (C=O) groups is 8. The Labute approximate surface area is 535 Å². The van der Waals surface area contributed by atoms with Crippen molar-refractivity contribution in [3.8, 4) is 0 Å². The maximum Gasteiger partial charge on any atom is 1.00 e. The maximum atomic E-state index is 9.56. The third-order valence-corrected chi connectivity index (χ3v) is 1.62. The third kappa shape index (κ3) is 978. The van der Waals surface area contributed by atoms with Gasteiger partial charge in [0.25, 0.3) is 0 Å². The molecule has 0 aromatic carbocycles. The molecule has 0 spiro atoms. The van der Waals surface area contributed by atoms with Crippen molar-refractivity contribution in [1.82, 2.24) is 0 Å². The first-order valence-corrected chi connectivity index (χ1v) is 17.7. The van der Waals surface area contributed by atoms with Crippen molar-refractivity contribution in [1.29, 1.82) is 0 Å². The number of rotatable bonds is 10. The summed E-state index contributed by atoms with van der Waals surface area (Å²) in [5.74, 6) is 0. The second kappa shape index (κ2) is 167. The normalized spacial score (nSPS) is 9.34. The first kappa shape index (κ1) is 131. The molecule has 0 rings (SSSR count). The molecule has 6 unspecified atom stereocenters. The van der Waals surface area contributed by atoms with Gasteiger partial charge < -0.3 is 93.0 Å². The van der Waals surface area contributed by atoms with Crippen LogP contribution in [0.1, 0.15) is 72.1 Å². The number of hydrogen-bond acceptors (Lipinski definition) is 20. The molecule has 40 heteroatoms. The number of aldehydes is 7. The molecule has 314 valence electrons. The molecular formula is C19H40Na8O26S6+2. The van der Waals surface area contributed by atoms with Gasteiger partial charge in [0.2, 0.25) is 0 Å². The number of hydrogen-bond donors (Lipinski definition) is 6. The summed E-state index contributed by atoms with van der Waals surface area (Å²) in [6, 6.07) is 0. The van der Waals surface area contributed by atoms with Crippen LogP contribution in [0.15, 0.2) is 0 Å². The zero-order valence-corrected chi connectivity index (χ0v) is 55.6. The van der Waals surface area contributed by atoms with Crippen LogP contribution >= 0.6 is 0 Å². The van der Waals surface area contributed by atoms with E-state index in [-0.39, 0.29) is 236 Å². The van der Waals surface area contributed by atoms with Gasteiger partial charge in [-0.15, -0.1) is 0 Å². The minimum Gasteiger partial charge on any atom is -0.750 e. The zero-order chi connectivity index (χ0) is 44.1. The first-order valence-electron chi connectivity index (χ1n) is 11.5. The van der Waals surface area contributed by atoms with Crippen LogP contribution in [0.3, 0.4) is 0 Å². The molecule has 0 heterocycles. The molecule has 0 aliphatic heterocycles. The number of unbranched alkanes of at least 4 members (excludes halogenated alkanes) is 4. The molecular weight excluding hydrogens is 1020 g/mol. The second-order valence-corrected chi connectivity index (χ2v) is 7.85. The van der Waals surface area contributed by atoms with Gasteiger partial charge in [0, 0.05) is 38.5 Å². The van der Waals surface area contributed by atoms with E-state index in [2.05, 4.69) is 0 Å². The summed E-state index contributed by atoms with van der Waals surface area (Å²) in [7, 11) is 0. The quantitative estimate of drug-likeness (QED) is 0.0512. The van der Waals surface area contributed by atoms with Gasteiger partial charge in [-0.25, -0.2) is 25.3 Å². The molecule has 0 fully saturated rings. The van der Waals surface area contributed by atoms with Crippen LogP contribution in [0.4, 0.5) is 0 Å². The minimum absolute atomic E-state index is 0. The van der Waals surface area contributed by atoms with Crippen molar-refractivity contribution in [2.45, 2.75) is 72.1 Å². The topological polar surface area (TPSA) is 499 Å². The van der Waals surface area contributed by atoms with Crippen LogP contribution in [0.2, 0.25) is 0 Å². The summed E-state index contributed by atoms with van der Waals surface area (Å²) in [5, 5.41) is 0. The molecule has 59 heavy (non-hydrogen) atoms. The monoisotopic (exact) mass is 1060 g/mol. The van der Waals surface area contributed by atoms with Crippen LogP contribution in [0.5, 0.6) is 0 Å². The molecule has 0 saturated heterocycles.